The summed E-state index contributed by atoms with van der Waals surface area (Å²) in [6.45, 7) is 5.91. The summed E-state index contributed by atoms with van der Waals surface area (Å²) < 4.78 is 10.4. The molecule has 0 amide bonds. The Hall–Kier alpha value is -1.97. The molecule has 0 unspecified atom stereocenters. The van der Waals surface area contributed by atoms with Gasteiger partial charge in [-0.05, 0) is 24.6 Å². The van der Waals surface area contributed by atoms with Crippen LogP contribution in [0, 0.1) is 0 Å². The Labute approximate surface area is 114 Å². The van der Waals surface area contributed by atoms with E-state index in [1.807, 2.05) is 32.9 Å². The maximum atomic E-state index is 10.8. The van der Waals surface area contributed by atoms with Crippen LogP contribution in [0.5, 0.6) is 11.5 Å². The second kappa shape index (κ2) is 9.03. The van der Waals surface area contributed by atoms with Crippen molar-refractivity contribution in [1.82, 2.24) is 0 Å². The van der Waals surface area contributed by atoms with Crippen molar-refractivity contribution >= 4 is 12.0 Å². The molecular formula is C15H22O4. The van der Waals surface area contributed by atoms with E-state index in [0.717, 1.165) is 5.56 Å². The third kappa shape index (κ3) is 5.04. The van der Waals surface area contributed by atoms with Gasteiger partial charge in [0.15, 0.2) is 0 Å². The highest BCUT2D eigenvalue weighted by Gasteiger charge is 2.14. The zero-order valence-corrected chi connectivity index (χ0v) is 12.2. The first-order valence-electron chi connectivity index (χ1n) is 6.21. The Morgan fingerprint density at radius 3 is 2.00 bits per heavy atom. The van der Waals surface area contributed by atoms with E-state index >= 15 is 0 Å². The van der Waals surface area contributed by atoms with Crippen molar-refractivity contribution in [2.24, 2.45) is 0 Å². The molecule has 1 rings (SSSR count). The summed E-state index contributed by atoms with van der Waals surface area (Å²) in [5.41, 5.74) is 1.46. The standard InChI is InChI=1S/C13H16O4.C2H6/c1-4-5-9-6-11(16-2)10(8-13(14)15)12(7-9)17-3;1-2/h4-7H,8H2,1-3H3,(H,14,15);1-2H3/b5-4-;. The van der Waals surface area contributed by atoms with Crippen LogP contribution in [0.2, 0.25) is 0 Å². The molecule has 0 aliphatic heterocycles. The Morgan fingerprint density at radius 1 is 1.21 bits per heavy atom. The van der Waals surface area contributed by atoms with E-state index in [1.54, 1.807) is 12.1 Å². The molecule has 1 aromatic carbocycles. The molecule has 0 spiro atoms. The maximum Gasteiger partial charge on any atom is 0.308 e. The van der Waals surface area contributed by atoms with E-state index in [1.165, 1.54) is 14.2 Å². The van der Waals surface area contributed by atoms with E-state index in [2.05, 4.69) is 0 Å². The molecule has 0 saturated carbocycles. The van der Waals surface area contributed by atoms with Gasteiger partial charge in [-0.2, -0.15) is 0 Å². The first-order valence-corrected chi connectivity index (χ1v) is 6.21. The molecule has 19 heavy (non-hydrogen) atoms. The maximum absolute atomic E-state index is 10.8. The third-order valence-corrected chi connectivity index (χ3v) is 2.32. The molecule has 0 aliphatic carbocycles. The average Bonchev–Trinajstić information content (AvgIpc) is 2.42. The normalized spacial score (nSPS) is 9.74. The fourth-order valence-corrected chi connectivity index (χ4v) is 1.62. The van der Waals surface area contributed by atoms with Crippen molar-refractivity contribution in [3.05, 3.63) is 29.3 Å². The summed E-state index contributed by atoms with van der Waals surface area (Å²) in [5, 5.41) is 8.85. The second-order valence-corrected chi connectivity index (χ2v) is 3.47. The van der Waals surface area contributed by atoms with Gasteiger partial charge in [0, 0.05) is 5.56 Å². The SMILES string of the molecule is C/C=C\c1cc(OC)c(CC(=O)O)c(OC)c1.CC. The highest BCUT2D eigenvalue weighted by atomic mass is 16.5. The van der Waals surface area contributed by atoms with Crippen molar-refractivity contribution in [1.29, 1.82) is 0 Å². The molecule has 0 radical (unpaired) electrons. The molecule has 4 heteroatoms. The fourth-order valence-electron chi connectivity index (χ4n) is 1.62. The van der Waals surface area contributed by atoms with Crippen molar-refractivity contribution in [2.75, 3.05) is 14.2 Å². The molecule has 1 N–H and O–H groups in total. The lowest BCUT2D eigenvalue weighted by molar-refractivity contribution is -0.136. The van der Waals surface area contributed by atoms with E-state index in [0.29, 0.717) is 17.1 Å². The van der Waals surface area contributed by atoms with E-state index in [-0.39, 0.29) is 6.42 Å². The van der Waals surface area contributed by atoms with Gasteiger partial charge in [-0.3, -0.25) is 4.79 Å². The Kier molecular flexibility index (Phi) is 8.09. The molecule has 4 nitrogen and oxygen atoms in total. The van der Waals surface area contributed by atoms with Crippen LogP contribution >= 0.6 is 0 Å². The van der Waals surface area contributed by atoms with Crippen LogP contribution in [0.1, 0.15) is 31.9 Å². The number of methoxy groups -OCH3 is 2. The molecule has 106 valence electrons. The summed E-state index contributed by atoms with van der Waals surface area (Å²) in [6.07, 6.45) is 3.67. The second-order valence-electron chi connectivity index (χ2n) is 3.47. The van der Waals surface area contributed by atoms with Crippen LogP contribution in [0.4, 0.5) is 0 Å². The summed E-state index contributed by atoms with van der Waals surface area (Å²) >= 11 is 0. The number of carboxylic acid groups (broad SMARTS) is 1. The Morgan fingerprint density at radius 2 is 1.68 bits per heavy atom. The number of hydrogen-bond donors (Lipinski definition) is 1. The number of ether oxygens (including phenoxy) is 2. The van der Waals surface area contributed by atoms with E-state index in [9.17, 15) is 4.79 Å². The Balaban J connectivity index is 0.00000154. The third-order valence-electron chi connectivity index (χ3n) is 2.32. The zero-order chi connectivity index (χ0) is 14.8. The molecular weight excluding hydrogens is 244 g/mol. The lowest BCUT2D eigenvalue weighted by atomic mass is 10.1. The first kappa shape index (κ1) is 17.0. The molecule has 0 aromatic heterocycles. The quantitative estimate of drug-likeness (QED) is 0.887. The summed E-state index contributed by atoms with van der Waals surface area (Å²) in [7, 11) is 3.03. The number of allylic oxidation sites excluding steroid dienone is 1. The first-order chi connectivity index (χ1) is 9.12. The van der Waals surface area contributed by atoms with Crippen molar-refractivity contribution < 1.29 is 19.4 Å². The van der Waals surface area contributed by atoms with Crippen LogP contribution in [-0.2, 0) is 11.2 Å². The number of carbonyl (C=O) groups is 1. The highest BCUT2D eigenvalue weighted by molar-refractivity contribution is 5.74. The van der Waals surface area contributed by atoms with Gasteiger partial charge in [0.2, 0.25) is 0 Å². The highest BCUT2D eigenvalue weighted by Crippen LogP contribution is 2.31. The van der Waals surface area contributed by atoms with Gasteiger partial charge in [0.1, 0.15) is 11.5 Å². The molecule has 0 bridgehead atoms. The van der Waals surface area contributed by atoms with E-state index in [4.69, 9.17) is 14.6 Å². The lowest BCUT2D eigenvalue weighted by Crippen LogP contribution is -2.05. The zero-order valence-electron chi connectivity index (χ0n) is 12.2. The summed E-state index contributed by atoms with van der Waals surface area (Å²) in [5.74, 6) is 0.139. The van der Waals surface area contributed by atoms with Gasteiger partial charge in [-0.25, -0.2) is 0 Å². The predicted molar refractivity (Wildman–Crippen MR) is 76.9 cm³/mol. The van der Waals surface area contributed by atoms with Crippen molar-refractivity contribution in [3.63, 3.8) is 0 Å². The van der Waals surface area contributed by atoms with Crippen LogP contribution in [-0.4, -0.2) is 25.3 Å². The molecule has 0 heterocycles. The predicted octanol–water partition coefficient (Wildman–Crippen LogP) is 3.39. The minimum atomic E-state index is -0.916. The van der Waals surface area contributed by atoms with Crippen LogP contribution in [0.3, 0.4) is 0 Å². The minimum absolute atomic E-state index is 0.123. The van der Waals surface area contributed by atoms with Crippen LogP contribution in [0.25, 0.3) is 6.08 Å². The van der Waals surface area contributed by atoms with Crippen molar-refractivity contribution in [2.45, 2.75) is 27.2 Å². The fraction of sp³-hybridized carbons (Fsp3) is 0.400. The van der Waals surface area contributed by atoms with Crippen molar-refractivity contribution in [3.8, 4) is 11.5 Å². The van der Waals surface area contributed by atoms with Crippen LogP contribution in [0.15, 0.2) is 18.2 Å². The Bertz CT molecular complexity index is 411. The minimum Gasteiger partial charge on any atom is -0.496 e. The molecule has 0 fully saturated rings. The smallest absolute Gasteiger partial charge is 0.308 e. The number of hydrogen-bond acceptors (Lipinski definition) is 3. The number of benzene rings is 1. The van der Waals surface area contributed by atoms with Gasteiger partial charge in [0.05, 0.1) is 20.6 Å². The molecule has 0 atom stereocenters. The summed E-state index contributed by atoms with van der Waals surface area (Å²) in [6, 6.07) is 3.58. The van der Waals surface area contributed by atoms with Gasteiger partial charge in [-0.1, -0.05) is 26.0 Å². The largest absolute Gasteiger partial charge is 0.496 e. The van der Waals surface area contributed by atoms with Gasteiger partial charge in [0.25, 0.3) is 0 Å². The van der Waals surface area contributed by atoms with E-state index < -0.39 is 5.97 Å². The topological polar surface area (TPSA) is 55.8 Å². The number of rotatable bonds is 5. The monoisotopic (exact) mass is 266 g/mol. The number of aliphatic carboxylic acids is 1. The molecule has 0 saturated heterocycles. The lowest BCUT2D eigenvalue weighted by Gasteiger charge is -2.13. The van der Waals surface area contributed by atoms with Gasteiger partial charge >= 0.3 is 5.97 Å². The van der Waals surface area contributed by atoms with Crippen LogP contribution < -0.4 is 9.47 Å². The van der Waals surface area contributed by atoms with Gasteiger partial charge in [-0.15, -0.1) is 0 Å². The summed E-state index contributed by atoms with van der Waals surface area (Å²) in [4.78, 5) is 10.8. The average molecular weight is 266 g/mol. The molecule has 1 aromatic rings. The van der Waals surface area contributed by atoms with Gasteiger partial charge < -0.3 is 14.6 Å². The number of carboxylic acids is 1. The molecule has 0 aliphatic rings.